The van der Waals surface area contributed by atoms with Gasteiger partial charge in [-0.2, -0.15) is 0 Å². The molecule has 0 radical (unpaired) electrons. The van der Waals surface area contributed by atoms with E-state index in [1.54, 1.807) is 0 Å². The van der Waals surface area contributed by atoms with Gasteiger partial charge in [-0.25, -0.2) is 0 Å². The Labute approximate surface area is 92.6 Å². The summed E-state index contributed by atoms with van der Waals surface area (Å²) >= 11 is 3.44. The summed E-state index contributed by atoms with van der Waals surface area (Å²) in [6.45, 7) is 1.99. The van der Waals surface area contributed by atoms with E-state index in [2.05, 4.69) is 15.9 Å². The van der Waals surface area contributed by atoms with Crippen molar-refractivity contribution < 1.29 is 4.79 Å². The van der Waals surface area contributed by atoms with Crippen molar-refractivity contribution >= 4 is 21.7 Å². The molecule has 0 bridgehead atoms. The fourth-order valence-electron chi connectivity index (χ4n) is 1.60. The van der Waals surface area contributed by atoms with Crippen LogP contribution >= 0.6 is 15.9 Å². The Balaban J connectivity index is 2.21. The Morgan fingerprint density at radius 1 is 1.50 bits per heavy atom. The zero-order valence-electron chi connectivity index (χ0n) is 8.22. The van der Waals surface area contributed by atoms with Gasteiger partial charge in [0.1, 0.15) is 0 Å². The monoisotopic (exact) mass is 252 g/mol. The van der Waals surface area contributed by atoms with Crippen molar-refractivity contribution in [1.82, 2.24) is 0 Å². The highest BCUT2D eigenvalue weighted by Crippen LogP contribution is 2.34. The smallest absolute Gasteiger partial charge is 0.163 e. The van der Waals surface area contributed by atoms with Gasteiger partial charge in [0.05, 0.1) is 0 Å². The highest BCUT2D eigenvalue weighted by molar-refractivity contribution is 9.10. The van der Waals surface area contributed by atoms with Crippen LogP contribution in [0.1, 0.15) is 35.2 Å². The molecule has 0 aromatic heterocycles. The maximum absolute atomic E-state index is 11.8. The zero-order chi connectivity index (χ0) is 10.1. The molecule has 1 fully saturated rings. The summed E-state index contributed by atoms with van der Waals surface area (Å²) in [7, 11) is 0. The maximum atomic E-state index is 11.8. The zero-order valence-corrected chi connectivity index (χ0v) is 9.80. The molecule has 1 aliphatic carbocycles. The van der Waals surface area contributed by atoms with E-state index in [-0.39, 0.29) is 0 Å². The van der Waals surface area contributed by atoms with E-state index in [0.29, 0.717) is 11.7 Å². The molecular formula is C12H13BrO. The number of ketones is 1. The molecule has 74 valence electrons. The van der Waals surface area contributed by atoms with Crippen LogP contribution in [0.2, 0.25) is 0 Å². The van der Waals surface area contributed by atoms with E-state index < -0.39 is 0 Å². The number of carbonyl (C=O) groups excluding carboxylic acids is 1. The Hall–Kier alpha value is -0.630. The van der Waals surface area contributed by atoms with Gasteiger partial charge in [-0.1, -0.05) is 28.1 Å². The fraction of sp³-hybridized carbons (Fsp3) is 0.417. The first-order chi connectivity index (χ1) is 6.68. The number of hydrogen-bond donors (Lipinski definition) is 0. The van der Waals surface area contributed by atoms with Gasteiger partial charge < -0.3 is 0 Å². The summed E-state index contributed by atoms with van der Waals surface area (Å²) in [6, 6.07) is 5.82. The predicted octanol–water partition coefficient (Wildman–Crippen LogP) is 3.74. The van der Waals surface area contributed by atoms with Crippen molar-refractivity contribution in [3.63, 3.8) is 0 Å². The van der Waals surface area contributed by atoms with Crippen LogP contribution in [0.25, 0.3) is 0 Å². The lowest BCUT2D eigenvalue weighted by atomic mass is 10.0. The highest BCUT2D eigenvalue weighted by atomic mass is 79.9. The molecule has 0 aliphatic heterocycles. The van der Waals surface area contributed by atoms with Crippen LogP contribution < -0.4 is 0 Å². The quantitative estimate of drug-likeness (QED) is 0.750. The van der Waals surface area contributed by atoms with E-state index in [9.17, 15) is 4.79 Å². The second-order valence-corrected chi connectivity index (χ2v) is 4.84. The Kier molecular flexibility index (Phi) is 2.73. The second kappa shape index (κ2) is 3.85. The van der Waals surface area contributed by atoms with Crippen molar-refractivity contribution in [1.29, 1.82) is 0 Å². The Morgan fingerprint density at radius 2 is 2.21 bits per heavy atom. The average Bonchev–Trinajstić information content (AvgIpc) is 2.93. The summed E-state index contributed by atoms with van der Waals surface area (Å²) in [5.41, 5.74) is 1.95. The number of rotatable bonds is 3. The average molecular weight is 253 g/mol. The third kappa shape index (κ3) is 2.06. The molecule has 1 aliphatic rings. The summed E-state index contributed by atoms with van der Waals surface area (Å²) in [6.07, 6.45) is 3.20. The van der Waals surface area contributed by atoms with Gasteiger partial charge in [0.2, 0.25) is 0 Å². The SMILES string of the molecule is Cc1c(Br)cccc1C(=O)CC1CC1. The summed E-state index contributed by atoms with van der Waals surface area (Å²) in [4.78, 5) is 11.8. The van der Waals surface area contributed by atoms with Crippen LogP contribution in [0, 0.1) is 12.8 Å². The molecule has 0 unspecified atom stereocenters. The Bertz CT molecular complexity index is 367. The second-order valence-electron chi connectivity index (χ2n) is 3.98. The minimum absolute atomic E-state index is 0.298. The summed E-state index contributed by atoms with van der Waals surface area (Å²) in [5.74, 6) is 0.965. The van der Waals surface area contributed by atoms with E-state index in [4.69, 9.17) is 0 Å². The lowest BCUT2D eigenvalue weighted by Gasteiger charge is -2.05. The van der Waals surface area contributed by atoms with Gasteiger partial charge in [0, 0.05) is 16.5 Å². The van der Waals surface area contributed by atoms with E-state index >= 15 is 0 Å². The minimum atomic E-state index is 0.298. The van der Waals surface area contributed by atoms with E-state index in [1.165, 1.54) is 12.8 Å². The summed E-state index contributed by atoms with van der Waals surface area (Å²) < 4.78 is 1.03. The first-order valence-electron chi connectivity index (χ1n) is 4.97. The number of benzene rings is 1. The third-order valence-corrected chi connectivity index (χ3v) is 3.60. The molecule has 1 aromatic carbocycles. The molecule has 0 atom stereocenters. The van der Waals surface area contributed by atoms with Crippen LogP contribution in [0.3, 0.4) is 0 Å². The molecule has 0 heterocycles. The van der Waals surface area contributed by atoms with Crippen LogP contribution in [0.5, 0.6) is 0 Å². The molecule has 14 heavy (non-hydrogen) atoms. The van der Waals surface area contributed by atoms with Gasteiger partial charge in [-0.05, 0) is 37.3 Å². The first kappa shape index (κ1) is 9.91. The molecule has 0 saturated heterocycles. The maximum Gasteiger partial charge on any atom is 0.163 e. The minimum Gasteiger partial charge on any atom is -0.294 e. The first-order valence-corrected chi connectivity index (χ1v) is 5.76. The van der Waals surface area contributed by atoms with E-state index in [1.807, 2.05) is 25.1 Å². The lowest BCUT2D eigenvalue weighted by molar-refractivity contribution is 0.0975. The van der Waals surface area contributed by atoms with Gasteiger partial charge in [0.25, 0.3) is 0 Å². The molecule has 1 aromatic rings. The van der Waals surface area contributed by atoms with E-state index in [0.717, 1.165) is 22.0 Å². The van der Waals surface area contributed by atoms with Crippen LogP contribution in [0.4, 0.5) is 0 Å². The number of Topliss-reactive ketones (excluding diaryl/α,β-unsaturated/α-hetero) is 1. The molecule has 0 amide bonds. The lowest BCUT2D eigenvalue weighted by Crippen LogP contribution is -2.02. The predicted molar refractivity (Wildman–Crippen MR) is 60.6 cm³/mol. The van der Waals surface area contributed by atoms with Crippen molar-refractivity contribution in [2.45, 2.75) is 26.2 Å². The molecular weight excluding hydrogens is 240 g/mol. The van der Waals surface area contributed by atoms with Gasteiger partial charge in [-0.15, -0.1) is 0 Å². The van der Waals surface area contributed by atoms with Gasteiger partial charge in [0.15, 0.2) is 5.78 Å². The standard InChI is InChI=1S/C12H13BrO/c1-8-10(3-2-4-11(8)13)12(14)7-9-5-6-9/h2-4,9H,5-7H2,1H3. The number of hydrogen-bond acceptors (Lipinski definition) is 1. The molecule has 1 nitrogen and oxygen atoms in total. The van der Waals surface area contributed by atoms with Crippen molar-refractivity contribution in [3.05, 3.63) is 33.8 Å². The summed E-state index contributed by atoms with van der Waals surface area (Å²) in [5, 5.41) is 0. The molecule has 2 heteroatoms. The largest absolute Gasteiger partial charge is 0.294 e. The molecule has 2 rings (SSSR count). The van der Waals surface area contributed by atoms with Gasteiger partial charge >= 0.3 is 0 Å². The fourth-order valence-corrected chi connectivity index (χ4v) is 1.97. The number of carbonyl (C=O) groups is 1. The van der Waals surface area contributed by atoms with Crippen LogP contribution in [-0.4, -0.2) is 5.78 Å². The molecule has 1 saturated carbocycles. The van der Waals surface area contributed by atoms with Crippen LogP contribution in [0.15, 0.2) is 22.7 Å². The van der Waals surface area contributed by atoms with Crippen molar-refractivity contribution in [2.24, 2.45) is 5.92 Å². The van der Waals surface area contributed by atoms with Crippen molar-refractivity contribution in [3.8, 4) is 0 Å². The number of halogens is 1. The van der Waals surface area contributed by atoms with Crippen molar-refractivity contribution in [2.75, 3.05) is 0 Å². The Morgan fingerprint density at radius 3 is 2.86 bits per heavy atom. The topological polar surface area (TPSA) is 17.1 Å². The van der Waals surface area contributed by atoms with Gasteiger partial charge in [-0.3, -0.25) is 4.79 Å². The molecule has 0 spiro atoms. The molecule has 0 N–H and O–H groups in total. The van der Waals surface area contributed by atoms with Crippen LogP contribution in [-0.2, 0) is 0 Å². The highest BCUT2D eigenvalue weighted by Gasteiger charge is 2.25. The third-order valence-electron chi connectivity index (χ3n) is 2.74. The normalized spacial score (nSPS) is 15.6.